The molecule has 0 bridgehead atoms. The topological polar surface area (TPSA) is 70.2 Å². The maximum atomic E-state index is 12.0. The number of H-pyrrole nitrogens is 1. The van der Waals surface area contributed by atoms with Crippen LogP contribution in [-0.2, 0) is 0 Å². The first-order valence-corrected chi connectivity index (χ1v) is 6.28. The number of aromatic amines is 1. The van der Waals surface area contributed by atoms with E-state index in [1.54, 1.807) is 6.07 Å². The van der Waals surface area contributed by atoms with Gasteiger partial charge in [-0.05, 0) is 43.2 Å². The molecule has 0 aromatic heterocycles. The molecule has 0 saturated heterocycles. The van der Waals surface area contributed by atoms with Crippen molar-refractivity contribution >= 4 is 16.9 Å². The first kappa shape index (κ1) is 12.4. The molecular weight excluding hydrogens is 254 g/mol. The van der Waals surface area contributed by atoms with Crippen molar-refractivity contribution in [3.8, 4) is 11.3 Å². The second-order valence-corrected chi connectivity index (χ2v) is 4.96. The van der Waals surface area contributed by atoms with Gasteiger partial charge in [0, 0.05) is 16.5 Å². The first-order valence-electron chi connectivity index (χ1n) is 6.28. The summed E-state index contributed by atoms with van der Waals surface area (Å²) in [6.07, 6.45) is 0. The normalized spacial score (nSPS) is 11.1. The summed E-state index contributed by atoms with van der Waals surface area (Å²) in [4.78, 5) is 26.4. The highest BCUT2D eigenvalue weighted by Gasteiger charge is 2.18. The summed E-state index contributed by atoms with van der Waals surface area (Å²) in [6.45, 7) is 3.92. The van der Waals surface area contributed by atoms with Crippen molar-refractivity contribution in [1.82, 2.24) is 4.98 Å². The van der Waals surface area contributed by atoms with Crippen molar-refractivity contribution < 1.29 is 9.90 Å². The molecule has 100 valence electrons. The summed E-state index contributed by atoms with van der Waals surface area (Å²) in [6, 6.07) is 8.39. The van der Waals surface area contributed by atoms with Crippen molar-refractivity contribution in [2.24, 2.45) is 0 Å². The van der Waals surface area contributed by atoms with E-state index in [1.807, 2.05) is 26.0 Å². The third-order valence-electron chi connectivity index (χ3n) is 3.65. The van der Waals surface area contributed by atoms with Crippen LogP contribution in [0.25, 0.3) is 22.2 Å². The summed E-state index contributed by atoms with van der Waals surface area (Å²) in [5, 5.41) is 10.2. The fourth-order valence-corrected chi connectivity index (χ4v) is 2.51. The molecule has 2 aliphatic rings. The monoisotopic (exact) mass is 267 g/mol. The van der Waals surface area contributed by atoms with Crippen molar-refractivity contribution in [2.75, 3.05) is 0 Å². The van der Waals surface area contributed by atoms with Crippen molar-refractivity contribution in [3.63, 3.8) is 0 Å². The van der Waals surface area contributed by atoms with Crippen molar-refractivity contribution in [3.05, 3.63) is 57.2 Å². The number of carboxylic acids is 1. The Balaban J connectivity index is 2.57. The Morgan fingerprint density at radius 1 is 1.10 bits per heavy atom. The van der Waals surface area contributed by atoms with Gasteiger partial charge in [-0.3, -0.25) is 4.79 Å². The second-order valence-electron chi connectivity index (χ2n) is 4.96. The second kappa shape index (κ2) is 4.20. The number of aromatic nitrogens is 1. The maximum absolute atomic E-state index is 12.0. The lowest BCUT2D eigenvalue weighted by Gasteiger charge is -2.13. The zero-order valence-electron chi connectivity index (χ0n) is 11.2. The Morgan fingerprint density at radius 2 is 1.80 bits per heavy atom. The molecule has 0 unspecified atom stereocenters. The minimum Gasteiger partial charge on any atom is -0.478 e. The molecule has 0 spiro atoms. The van der Waals surface area contributed by atoms with Crippen LogP contribution in [0.4, 0.5) is 0 Å². The quantitative estimate of drug-likeness (QED) is 0.666. The van der Waals surface area contributed by atoms with Gasteiger partial charge in [0.1, 0.15) is 0 Å². The Labute approximate surface area is 115 Å². The lowest BCUT2D eigenvalue weighted by atomic mass is 9.97. The summed E-state index contributed by atoms with van der Waals surface area (Å²) >= 11 is 0. The number of fused-ring (bicyclic) bond motifs is 2. The van der Waals surface area contributed by atoms with E-state index in [2.05, 4.69) is 4.98 Å². The van der Waals surface area contributed by atoms with Gasteiger partial charge in [0.15, 0.2) is 5.43 Å². The van der Waals surface area contributed by atoms with Gasteiger partial charge in [0.25, 0.3) is 0 Å². The first-order chi connectivity index (χ1) is 9.49. The highest BCUT2D eigenvalue weighted by Crippen LogP contribution is 2.28. The number of aryl methyl sites for hydroxylation is 2. The number of aromatic carboxylic acids is 1. The van der Waals surface area contributed by atoms with Gasteiger partial charge in [-0.25, -0.2) is 4.79 Å². The molecule has 1 aliphatic heterocycles. The number of benzene rings is 2. The molecule has 0 amide bonds. The third kappa shape index (κ3) is 1.69. The van der Waals surface area contributed by atoms with Crippen LogP contribution in [0.3, 0.4) is 0 Å². The van der Waals surface area contributed by atoms with Gasteiger partial charge in [-0.2, -0.15) is 0 Å². The van der Waals surface area contributed by atoms with E-state index in [-0.39, 0.29) is 11.0 Å². The van der Waals surface area contributed by atoms with Crippen molar-refractivity contribution in [2.45, 2.75) is 13.8 Å². The molecule has 3 rings (SSSR count). The van der Waals surface area contributed by atoms with Gasteiger partial charge in [0.2, 0.25) is 0 Å². The van der Waals surface area contributed by atoms with Crippen LogP contribution >= 0.6 is 0 Å². The van der Waals surface area contributed by atoms with E-state index in [0.717, 1.165) is 22.0 Å². The average molecular weight is 267 g/mol. The molecule has 4 nitrogen and oxygen atoms in total. The smallest absolute Gasteiger partial charge is 0.337 e. The van der Waals surface area contributed by atoms with Crippen molar-refractivity contribution in [1.29, 1.82) is 0 Å². The van der Waals surface area contributed by atoms with Gasteiger partial charge < -0.3 is 10.1 Å². The standard InChI is InChI=1S/C16H13NO3/c1-8-3-4-9(2)14-11(8)7-12-13(18)6-5-10(16(19)20)15(12)17-14/h3-7,17H,1-2H3,(H,19,20). The van der Waals surface area contributed by atoms with Crippen LogP contribution in [0.2, 0.25) is 0 Å². The van der Waals surface area contributed by atoms with E-state index in [4.69, 9.17) is 0 Å². The molecule has 0 saturated carbocycles. The molecule has 0 fully saturated rings. The Morgan fingerprint density at radius 3 is 2.50 bits per heavy atom. The number of hydrogen-bond acceptors (Lipinski definition) is 2. The van der Waals surface area contributed by atoms with Crippen LogP contribution in [0, 0.1) is 13.8 Å². The SMILES string of the molecule is Cc1ccc(C)c2[nH]c3c(C(=O)O)ccc(=O)c-3cc12. The number of nitrogens with one attached hydrogen (secondary N) is 1. The maximum Gasteiger partial charge on any atom is 0.337 e. The fourth-order valence-electron chi connectivity index (χ4n) is 2.51. The predicted molar refractivity (Wildman–Crippen MR) is 77.6 cm³/mol. The molecule has 0 atom stereocenters. The molecule has 2 N–H and O–H groups in total. The van der Waals surface area contributed by atoms with E-state index < -0.39 is 5.97 Å². The highest BCUT2D eigenvalue weighted by atomic mass is 16.4. The number of carboxylic acid groups (broad SMARTS) is 1. The molecule has 1 aromatic carbocycles. The Hall–Kier alpha value is -2.62. The zero-order chi connectivity index (χ0) is 14.4. The van der Waals surface area contributed by atoms with Crippen LogP contribution in [0.5, 0.6) is 0 Å². The molecule has 0 radical (unpaired) electrons. The number of hydrogen-bond donors (Lipinski definition) is 2. The average Bonchev–Trinajstić information content (AvgIpc) is 2.42. The molecule has 1 heterocycles. The van der Waals surface area contributed by atoms with Crippen LogP contribution in [-0.4, -0.2) is 16.1 Å². The van der Waals surface area contributed by atoms with Crippen LogP contribution in [0.1, 0.15) is 21.5 Å². The van der Waals surface area contributed by atoms with Gasteiger partial charge >= 0.3 is 5.97 Å². The highest BCUT2D eigenvalue weighted by molar-refractivity contribution is 5.99. The number of rotatable bonds is 1. The summed E-state index contributed by atoms with van der Waals surface area (Å²) < 4.78 is 0. The van der Waals surface area contributed by atoms with Crippen LogP contribution in [0.15, 0.2) is 35.1 Å². The lowest BCUT2D eigenvalue weighted by molar-refractivity contribution is 0.0697. The number of pyridine rings is 1. The third-order valence-corrected chi connectivity index (χ3v) is 3.65. The summed E-state index contributed by atoms with van der Waals surface area (Å²) in [7, 11) is 0. The summed E-state index contributed by atoms with van der Waals surface area (Å²) in [5.41, 5.74) is 3.65. The van der Waals surface area contributed by atoms with Gasteiger partial charge in [-0.15, -0.1) is 0 Å². The Bertz CT molecular complexity index is 877. The molecular formula is C16H13NO3. The molecule has 1 aliphatic carbocycles. The summed E-state index contributed by atoms with van der Waals surface area (Å²) in [5.74, 6) is -1.05. The van der Waals surface area contributed by atoms with E-state index in [9.17, 15) is 14.7 Å². The minimum atomic E-state index is -1.05. The molecule has 1 aromatic rings. The van der Waals surface area contributed by atoms with Crippen LogP contribution < -0.4 is 5.43 Å². The fraction of sp³-hybridized carbons (Fsp3) is 0.125. The van der Waals surface area contributed by atoms with E-state index >= 15 is 0 Å². The minimum absolute atomic E-state index is 0.113. The van der Waals surface area contributed by atoms with Gasteiger partial charge in [-0.1, -0.05) is 12.1 Å². The lowest BCUT2D eigenvalue weighted by Crippen LogP contribution is -2.12. The number of carbonyl (C=O) groups is 1. The van der Waals surface area contributed by atoms with Gasteiger partial charge in [0.05, 0.1) is 11.3 Å². The van der Waals surface area contributed by atoms with E-state index in [1.165, 1.54) is 12.1 Å². The molecule has 20 heavy (non-hydrogen) atoms. The Kier molecular flexibility index (Phi) is 2.61. The largest absolute Gasteiger partial charge is 0.478 e. The van der Waals surface area contributed by atoms with E-state index in [0.29, 0.717) is 11.3 Å². The zero-order valence-corrected chi connectivity index (χ0v) is 11.2. The molecule has 4 heteroatoms. The predicted octanol–water partition coefficient (Wildman–Crippen LogP) is 2.95.